The fourth-order valence-corrected chi connectivity index (χ4v) is 5.52. The lowest BCUT2D eigenvalue weighted by Gasteiger charge is -2.35. The lowest BCUT2D eigenvalue weighted by Crippen LogP contribution is -2.44. The molecule has 0 radical (unpaired) electrons. The molecule has 3 aromatic rings. The van der Waals surface area contributed by atoms with Crippen LogP contribution in [0.3, 0.4) is 0 Å². The Morgan fingerprint density at radius 2 is 1.97 bits per heavy atom. The van der Waals surface area contributed by atoms with Crippen molar-refractivity contribution in [3.8, 4) is 5.75 Å². The number of carbonyl (C=O) groups is 2. The lowest BCUT2D eigenvalue weighted by molar-refractivity contribution is -0.134. The van der Waals surface area contributed by atoms with Crippen molar-refractivity contribution in [2.45, 2.75) is 33.7 Å². The van der Waals surface area contributed by atoms with Crippen LogP contribution in [0.4, 0.5) is 5.69 Å². The van der Waals surface area contributed by atoms with E-state index in [0.717, 1.165) is 6.42 Å². The number of aryl methyl sites for hydroxylation is 1. The summed E-state index contributed by atoms with van der Waals surface area (Å²) in [6.45, 7) is 7.38. The second-order valence-electron chi connectivity index (χ2n) is 8.84. The molecule has 33 heavy (non-hydrogen) atoms. The van der Waals surface area contributed by atoms with E-state index in [9.17, 15) is 14.4 Å². The van der Waals surface area contributed by atoms with E-state index in [1.807, 2.05) is 4.90 Å². The van der Waals surface area contributed by atoms with Crippen molar-refractivity contribution < 1.29 is 14.3 Å². The number of benzene rings is 1. The van der Waals surface area contributed by atoms with Crippen molar-refractivity contribution in [2.24, 2.45) is 11.8 Å². The van der Waals surface area contributed by atoms with Gasteiger partial charge in [0.1, 0.15) is 17.1 Å². The molecule has 1 aliphatic heterocycles. The van der Waals surface area contributed by atoms with Gasteiger partial charge < -0.3 is 15.0 Å². The number of likely N-dealkylation sites (tertiary alicyclic amines) is 1. The molecule has 0 saturated carbocycles. The summed E-state index contributed by atoms with van der Waals surface area (Å²) in [4.78, 5) is 46.1. The van der Waals surface area contributed by atoms with Gasteiger partial charge in [0, 0.05) is 24.8 Å². The summed E-state index contributed by atoms with van der Waals surface area (Å²) >= 11 is 1.17. The van der Waals surface area contributed by atoms with Crippen molar-refractivity contribution in [1.82, 2.24) is 14.5 Å². The molecule has 4 rings (SSSR count). The molecule has 0 aliphatic carbocycles. The minimum atomic E-state index is -0.318. The number of amides is 2. The average Bonchev–Trinajstić information content (AvgIpc) is 3.12. The Bertz CT molecular complexity index is 1260. The van der Waals surface area contributed by atoms with Crippen LogP contribution in [-0.4, -0.2) is 46.5 Å². The molecule has 9 heteroatoms. The summed E-state index contributed by atoms with van der Waals surface area (Å²) < 4.78 is 6.54. The van der Waals surface area contributed by atoms with Crippen molar-refractivity contribution in [1.29, 1.82) is 0 Å². The smallest absolute Gasteiger partial charge is 0.266 e. The fraction of sp³-hybridized carbons (Fsp3) is 0.417. The van der Waals surface area contributed by atoms with Crippen molar-refractivity contribution in [3.63, 3.8) is 0 Å². The molecular weight excluding hydrogens is 440 g/mol. The zero-order valence-electron chi connectivity index (χ0n) is 19.3. The third-order valence-electron chi connectivity index (χ3n) is 5.98. The largest absolute Gasteiger partial charge is 0.497 e. The van der Waals surface area contributed by atoms with Gasteiger partial charge in [-0.2, -0.15) is 0 Å². The second-order valence-corrected chi connectivity index (χ2v) is 9.84. The Labute approximate surface area is 196 Å². The minimum absolute atomic E-state index is 0.0537. The van der Waals surface area contributed by atoms with Crippen LogP contribution in [0.25, 0.3) is 10.2 Å². The zero-order valence-corrected chi connectivity index (χ0v) is 20.1. The lowest BCUT2D eigenvalue weighted by atomic mass is 9.92. The van der Waals surface area contributed by atoms with Crippen molar-refractivity contribution in [2.75, 3.05) is 25.5 Å². The van der Waals surface area contributed by atoms with Gasteiger partial charge in [-0.15, -0.1) is 11.3 Å². The highest BCUT2D eigenvalue weighted by Crippen LogP contribution is 2.28. The first-order valence-electron chi connectivity index (χ1n) is 11.0. The average molecular weight is 469 g/mol. The molecule has 0 spiro atoms. The van der Waals surface area contributed by atoms with Crippen LogP contribution in [0.15, 0.2) is 35.4 Å². The Hall–Kier alpha value is -3.20. The molecule has 1 aromatic carbocycles. The standard InChI is InChI=1S/C24H28N4O4S/c1-14-8-15(2)11-27(10-14)19(29)12-28-13-25-23-20(24(28)31)16(3)21(33-23)22(30)26-17-6-5-7-18(9-17)32-4/h5-7,9,13-15H,8,10-12H2,1-4H3,(H,26,30)/t14-,15-/m0/s1. The number of carbonyl (C=O) groups excluding carboxylic acids is 2. The third kappa shape index (κ3) is 4.78. The molecule has 0 unspecified atom stereocenters. The maximum absolute atomic E-state index is 13.2. The van der Waals surface area contributed by atoms with Crippen LogP contribution < -0.4 is 15.6 Å². The highest BCUT2D eigenvalue weighted by atomic mass is 32.1. The number of hydrogen-bond acceptors (Lipinski definition) is 6. The van der Waals surface area contributed by atoms with Crippen LogP contribution in [0.5, 0.6) is 5.75 Å². The number of methoxy groups -OCH3 is 1. The molecule has 8 nitrogen and oxygen atoms in total. The molecule has 1 fully saturated rings. The van der Waals surface area contributed by atoms with Gasteiger partial charge in [0.15, 0.2) is 0 Å². The first-order valence-corrected chi connectivity index (χ1v) is 11.8. The molecule has 174 valence electrons. The van der Waals surface area contributed by atoms with E-state index in [2.05, 4.69) is 24.1 Å². The number of nitrogens with zero attached hydrogens (tertiary/aromatic N) is 3. The second kappa shape index (κ2) is 9.35. The predicted molar refractivity (Wildman–Crippen MR) is 129 cm³/mol. The number of fused-ring (bicyclic) bond motifs is 1. The van der Waals surface area contributed by atoms with Crippen LogP contribution in [0.1, 0.15) is 35.5 Å². The van der Waals surface area contributed by atoms with Crippen LogP contribution in [0.2, 0.25) is 0 Å². The van der Waals surface area contributed by atoms with E-state index in [1.165, 1.54) is 22.2 Å². The van der Waals surface area contributed by atoms with Gasteiger partial charge in [0.2, 0.25) is 5.91 Å². The number of aromatic nitrogens is 2. The highest BCUT2D eigenvalue weighted by molar-refractivity contribution is 7.20. The van der Waals surface area contributed by atoms with E-state index in [4.69, 9.17) is 4.74 Å². The molecular formula is C24H28N4O4S. The Balaban J connectivity index is 1.58. The number of hydrogen-bond donors (Lipinski definition) is 1. The molecule has 1 saturated heterocycles. The van der Waals surface area contributed by atoms with Gasteiger partial charge in [-0.3, -0.25) is 19.0 Å². The van der Waals surface area contributed by atoms with Gasteiger partial charge in [-0.25, -0.2) is 4.98 Å². The first-order chi connectivity index (χ1) is 15.8. The molecule has 1 N–H and O–H groups in total. The van der Waals surface area contributed by atoms with Crippen LogP contribution >= 0.6 is 11.3 Å². The fourth-order valence-electron chi connectivity index (χ4n) is 4.49. The summed E-state index contributed by atoms with van der Waals surface area (Å²) in [5, 5.41) is 3.23. The third-order valence-corrected chi connectivity index (χ3v) is 7.18. The van der Waals surface area contributed by atoms with Gasteiger partial charge in [0.25, 0.3) is 11.5 Å². The predicted octanol–water partition coefficient (Wildman–Crippen LogP) is 3.53. The van der Waals surface area contributed by atoms with Gasteiger partial charge >= 0.3 is 0 Å². The topological polar surface area (TPSA) is 93.5 Å². The first kappa shape index (κ1) is 23.0. The summed E-state index contributed by atoms with van der Waals surface area (Å²) in [5.41, 5.74) is 0.854. The SMILES string of the molecule is COc1cccc(NC(=O)c2sc3ncn(CC(=O)N4C[C@@H](C)C[C@H](C)C4)c(=O)c3c2C)c1. The zero-order chi connectivity index (χ0) is 23.7. The van der Waals surface area contributed by atoms with E-state index >= 15 is 0 Å². The van der Waals surface area contributed by atoms with Crippen LogP contribution in [-0.2, 0) is 11.3 Å². The van der Waals surface area contributed by atoms with Crippen molar-refractivity contribution in [3.05, 3.63) is 51.4 Å². The van der Waals surface area contributed by atoms with Gasteiger partial charge in [-0.05, 0) is 42.9 Å². The van der Waals surface area contributed by atoms with Gasteiger partial charge in [0.05, 0.1) is 23.7 Å². The summed E-state index contributed by atoms with van der Waals surface area (Å²) in [5.74, 6) is 1.12. The number of rotatable bonds is 5. The Morgan fingerprint density at radius 1 is 1.24 bits per heavy atom. The van der Waals surface area contributed by atoms with E-state index < -0.39 is 0 Å². The molecule has 2 atom stereocenters. The number of piperidine rings is 1. The van der Waals surface area contributed by atoms with Crippen LogP contribution in [0, 0.1) is 18.8 Å². The minimum Gasteiger partial charge on any atom is -0.497 e. The number of thiophene rings is 1. The Morgan fingerprint density at radius 3 is 2.67 bits per heavy atom. The van der Waals surface area contributed by atoms with Crippen molar-refractivity contribution >= 4 is 39.1 Å². The molecule has 1 aliphatic rings. The quantitative estimate of drug-likeness (QED) is 0.618. The van der Waals surface area contributed by atoms with E-state index in [0.29, 0.717) is 57.0 Å². The molecule has 0 bridgehead atoms. The van der Waals surface area contributed by atoms with Gasteiger partial charge in [-0.1, -0.05) is 19.9 Å². The number of anilines is 1. The molecule has 2 aromatic heterocycles. The molecule has 2 amide bonds. The number of ether oxygens (including phenoxy) is 1. The summed E-state index contributed by atoms with van der Waals surface area (Å²) in [7, 11) is 1.56. The van der Waals surface area contributed by atoms with E-state index in [-0.39, 0.29) is 23.9 Å². The normalized spacial score (nSPS) is 18.4. The summed E-state index contributed by atoms with van der Waals surface area (Å²) in [6.07, 6.45) is 2.50. The monoisotopic (exact) mass is 468 g/mol. The molecule has 3 heterocycles. The maximum atomic E-state index is 13.2. The highest BCUT2D eigenvalue weighted by Gasteiger charge is 2.26. The maximum Gasteiger partial charge on any atom is 0.266 e. The van der Waals surface area contributed by atoms with E-state index in [1.54, 1.807) is 38.3 Å². The summed E-state index contributed by atoms with van der Waals surface area (Å²) in [6, 6.07) is 7.06. The number of nitrogens with one attached hydrogen (secondary N) is 1. The Kier molecular flexibility index (Phi) is 6.51.